The van der Waals surface area contributed by atoms with Gasteiger partial charge >= 0.3 is 5.97 Å². The van der Waals surface area contributed by atoms with Gasteiger partial charge in [-0.1, -0.05) is 53.9 Å². The van der Waals surface area contributed by atoms with E-state index in [1.54, 1.807) is 24.3 Å². The molecule has 0 saturated heterocycles. The van der Waals surface area contributed by atoms with Crippen molar-refractivity contribution in [3.63, 3.8) is 0 Å². The normalized spacial score (nSPS) is 12.7. The zero-order valence-electron chi connectivity index (χ0n) is 17.2. The van der Waals surface area contributed by atoms with Gasteiger partial charge in [-0.2, -0.15) is 0 Å². The molecule has 1 rings (SSSR count). The average Bonchev–Trinajstić information content (AvgIpc) is 2.61. The van der Waals surface area contributed by atoms with Gasteiger partial charge in [0.2, 0.25) is 0 Å². The van der Waals surface area contributed by atoms with Crippen molar-refractivity contribution in [2.75, 3.05) is 12.3 Å². The van der Waals surface area contributed by atoms with E-state index in [9.17, 15) is 9.59 Å². The van der Waals surface area contributed by atoms with Crippen LogP contribution in [0.15, 0.2) is 24.3 Å². The highest BCUT2D eigenvalue weighted by molar-refractivity contribution is 5.89. The number of nitrogens with two attached hydrogens (primary N) is 1. The van der Waals surface area contributed by atoms with E-state index in [4.69, 9.17) is 10.5 Å². The Hall–Kier alpha value is -1.84. The molecule has 0 bridgehead atoms. The molecule has 4 heteroatoms. The molecular weight excluding hydrogens is 326 g/mol. The van der Waals surface area contributed by atoms with Crippen molar-refractivity contribution in [1.29, 1.82) is 0 Å². The summed E-state index contributed by atoms with van der Waals surface area (Å²) in [5, 5.41) is 0. The summed E-state index contributed by atoms with van der Waals surface area (Å²) in [5.74, 6) is 1.36. The van der Waals surface area contributed by atoms with E-state index in [0.29, 0.717) is 23.8 Å². The van der Waals surface area contributed by atoms with Crippen LogP contribution in [0.4, 0.5) is 5.69 Å². The minimum Gasteiger partial charge on any atom is -0.462 e. The molecule has 148 valence electrons. The van der Waals surface area contributed by atoms with Crippen LogP contribution in [0.25, 0.3) is 0 Å². The number of carbonyl (C=O) groups is 2. The van der Waals surface area contributed by atoms with Crippen LogP contribution in [0.5, 0.6) is 0 Å². The zero-order chi connectivity index (χ0) is 19.9. The molecule has 26 heavy (non-hydrogen) atoms. The maximum absolute atomic E-state index is 11.8. The van der Waals surface area contributed by atoms with Gasteiger partial charge in [-0.05, 0) is 48.9 Å². The molecule has 2 unspecified atom stereocenters. The van der Waals surface area contributed by atoms with Crippen LogP contribution < -0.4 is 5.73 Å². The van der Waals surface area contributed by atoms with Crippen molar-refractivity contribution < 1.29 is 14.3 Å². The minimum absolute atomic E-state index is 0.255. The summed E-state index contributed by atoms with van der Waals surface area (Å²) in [6, 6.07) is 6.82. The van der Waals surface area contributed by atoms with Gasteiger partial charge in [0.05, 0.1) is 12.2 Å². The molecule has 0 amide bonds. The minimum atomic E-state index is -0.264. The number of aldehydes is 1. The largest absolute Gasteiger partial charge is 0.462 e. The first-order chi connectivity index (χ1) is 12.3. The number of nitrogen functional groups attached to an aromatic ring is 1. The van der Waals surface area contributed by atoms with Crippen LogP contribution in [-0.2, 0) is 9.53 Å². The van der Waals surface area contributed by atoms with Gasteiger partial charge in [-0.3, -0.25) is 0 Å². The lowest BCUT2D eigenvalue weighted by Gasteiger charge is -2.12. The fourth-order valence-electron chi connectivity index (χ4n) is 2.17. The lowest BCUT2D eigenvalue weighted by Crippen LogP contribution is -2.09. The van der Waals surface area contributed by atoms with Crippen LogP contribution in [-0.4, -0.2) is 18.9 Å². The van der Waals surface area contributed by atoms with E-state index in [1.165, 1.54) is 19.3 Å². The molecule has 1 aromatic rings. The van der Waals surface area contributed by atoms with Crippen LogP contribution in [0.1, 0.15) is 77.1 Å². The molecule has 2 N–H and O–H groups in total. The number of rotatable bonds is 10. The van der Waals surface area contributed by atoms with E-state index in [2.05, 4.69) is 20.8 Å². The first kappa shape index (κ1) is 24.2. The van der Waals surface area contributed by atoms with Gasteiger partial charge in [0.15, 0.2) is 0 Å². The van der Waals surface area contributed by atoms with Gasteiger partial charge in [0.25, 0.3) is 0 Å². The fraction of sp³-hybridized carbons (Fsp3) is 0.636. The van der Waals surface area contributed by atoms with Crippen molar-refractivity contribution in [1.82, 2.24) is 0 Å². The van der Waals surface area contributed by atoms with Crippen LogP contribution in [0.2, 0.25) is 0 Å². The molecule has 0 aliphatic rings. The Bertz CT molecular complexity index is 497. The van der Waals surface area contributed by atoms with Crippen molar-refractivity contribution in [2.24, 2.45) is 17.8 Å². The Kier molecular flexibility index (Phi) is 13.3. The second-order valence-electron chi connectivity index (χ2n) is 7.50. The number of carbonyl (C=O) groups excluding carboxylic acids is 2. The SMILES string of the molecule is CC(C)CCCC(C)CCOC(=O)c1ccc(N)cc1.CCC(C)C=O. The second kappa shape index (κ2) is 14.3. The van der Waals surface area contributed by atoms with E-state index in [0.717, 1.165) is 25.0 Å². The molecule has 4 nitrogen and oxygen atoms in total. The third kappa shape index (κ3) is 12.5. The molecule has 1 aromatic carbocycles. The molecule has 0 saturated carbocycles. The quantitative estimate of drug-likeness (QED) is 0.338. The first-order valence-electron chi connectivity index (χ1n) is 9.78. The number of hydrogen-bond donors (Lipinski definition) is 1. The highest BCUT2D eigenvalue weighted by Crippen LogP contribution is 2.15. The number of anilines is 1. The monoisotopic (exact) mass is 363 g/mol. The number of esters is 1. The lowest BCUT2D eigenvalue weighted by molar-refractivity contribution is -0.110. The Labute approximate surface area is 159 Å². The Morgan fingerprint density at radius 3 is 2.15 bits per heavy atom. The summed E-state index contributed by atoms with van der Waals surface area (Å²) in [6.07, 6.45) is 6.60. The lowest BCUT2D eigenvalue weighted by atomic mass is 9.98. The maximum Gasteiger partial charge on any atom is 0.338 e. The van der Waals surface area contributed by atoms with Crippen LogP contribution in [0.3, 0.4) is 0 Å². The van der Waals surface area contributed by atoms with E-state index in [1.807, 2.05) is 13.8 Å². The molecule has 0 aliphatic carbocycles. The molecule has 0 radical (unpaired) electrons. The smallest absolute Gasteiger partial charge is 0.338 e. The molecule has 0 aromatic heterocycles. The fourth-order valence-corrected chi connectivity index (χ4v) is 2.17. The Balaban J connectivity index is 0.000000896. The molecule has 0 heterocycles. The molecular formula is C22H37NO3. The summed E-state index contributed by atoms with van der Waals surface area (Å²) in [4.78, 5) is 21.5. The van der Waals surface area contributed by atoms with Gasteiger partial charge in [0.1, 0.15) is 6.29 Å². The van der Waals surface area contributed by atoms with Crippen LogP contribution >= 0.6 is 0 Å². The Morgan fingerprint density at radius 1 is 1.08 bits per heavy atom. The van der Waals surface area contributed by atoms with Gasteiger partial charge in [0, 0.05) is 11.6 Å². The summed E-state index contributed by atoms with van der Waals surface area (Å²) >= 11 is 0. The van der Waals surface area contributed by atoms with E-state index in [-0.39, 0.29) is 11.9 Å². The maximum atomic E-state index is 11.8. The summed E-state index contributed by atoms with van der Waals surface area (Å²) in [5.41, 5.74) is 6.80. The van der Waals surface area contributed by atoms with Crippen molar-refractivity contribution >= 4 is 17.9 Å². The summed E-state index contributed by atoms with van der Waals surface area (Å²) in [7, 11) is 0. The van der Waals surface area contributed by atoms with Crippen molar-refractivity contribution in [3.8, 4) is 0 Å². The number of ether oxygens (including phenoxy) is 1. The topological polar surface area (TPSA) is 69.4 Å². The van der Waals surface area contributed by atoms with Crippen molar-refractivity contribution in [2.45, 2.75) is 66.7 Å². The summed E-state index contributed by atoms with van der Waals surface area (Å²) in [6.45, 7) is 11.1. The highest BCUT2D eigenvalue weighted by atomic mass is 16.5. The number of hydrogen-bond acceptors (Lipinski definition) is 4. The van der Waals surface area contributed by atoms with Gasteiger partial charge in [-0.25, -0.2) is 4.79 Å². The van der Waals surface area contributed by atoms with E-state index < -0.39 is 0 Å². The van der Waals surface area contributed by atoms with Crippen molar-refractivity contribution in [3.05, 3.63) is 29.8 Å². The highest BCUT2D eigenvalue weighted by Gasteiger charge is 2.08. The third-order valence-electron chi connectivity index (χ3n) is 4.34. The standard InChI is InChI=1S/C17H27NO2.C5H10O/c1-13(2)5-4-6-14(3)11-12-20-17(19)15-7-9-16(18)10-8-15;1-3-5(2)4-6/h7-10,13-14H,4-6,11-12,18H2,1-3H3;4-5H,3H2,1-2H3. The molecule has 0 fully saturated rings. The predicted octanol–water partition coefficient (Wildman–Crippen LogP) is 5.51. The summed E-state index contributed by atoms with van der Waals surface area (Å²) < 4.78 is 5.29. The predicted molar refractivity (Wildman–Crippen MR) is 109 cm³/mol. The first-order valence-corrected chi connectivity index (χ1v) is 9.78. The second-order valence-corrected chi connectivity index (χ2v) is 7.50. The molecule has 0 spiro atoms. The Morgan fingerprint density at radius 2 is 1.69 bits per heavy atom. The average molecular weight is 364 g/mol. The zero-order valence-corrected chi connectivity index (χ0v) is 17.2. The number of benzene rings is 1. The van der Waals surface area contributed by atoms with Crippen LogP contribution in [0, 0.1) is 17.8 Å². The van der Waals surface area contributed by atoms with Gasteiger partial charge < -0.3 is 15.3 Å². The molecule has 0 aliphatic heterocycles. The molecule has 2 atom stereocenters. The third-order valence-corrected chi connectivity index (χ3v) is 4.34. The van der Waals surface area contributed by atoms with Gasteiger partial charge in [-0.15, -0.1) is 0 Å². The van der Waals surface area contributed by atoms with E-state index >= 15 is 0 Å².